The molecular weight excluding hydrogens is 373 g/mol. The first-order chi connectivity index (χ1) is 14.0. The zero-order chi connectivity index (χ0) is 20.4. The number of furan rings is 1. The lowest BCUT2D eigenvalue weighted by Gasteiger charge is -2.13. The van der Waals surface area contributed by atoms with Gasteiger partial charge in [0, 0.05) is 16.6 Å². The van der Waals surface area contributed by atoms with Crippen molar-refractivity contribution in [1.29, 1.82) is 0 Å². The van der Waals surface area contributed by atoms with E-state index in [0.717, 1.165) is 16.2 Å². The van der Waals surface area contributed by atoms with Crippen molar-refractivity contribution in [3.63, 3.8) is 0 Å². The zero-order valence-corrected chi connectivity index (χ0v) is 15.6. The predicted octanol–water partition coefficient (Wildman–Crippen LogP) is 4.84. The van der Waals surface area contributed by atoms with Crippen LogP contribution in [0.4, 0.5) is 10.1 Å². The fraction of sp³-hybridized carbons (Fsp3) is 0.130. The molecule has 1 heterocycles. The molecule has 3 aromatic carbocycles. The van der Waals surface area contributed by atoms with Crippen LogP contribution in [0.3, 0.4) is 0 Å². The van der Waals surface area contributed by atoms with Gasteiger partial charge in [-0.3, -0.25) is 9.59 Å². The summed E-state index contributed by atoms with van der Waals surface area (Å²) in [5.74, 6) is -1.43. The average molecular weight is 391 g/mol. The highest BCUT2D eigenvalue weighted by atomic mass is 19.1. The molecule has 0 bridgehead atoms. The second kappa shape index (κ2) is 7.75. The Morgan fingerprint density at radius 1 is 1.07 bits per heavy atom. The summed E-state index contributed by atoms with van der Waals surface area (Å²) < 4.78 is 23.8. The van der Waals surface area contributed by atoms with E-state index in [1.807, 2.05) is 36.4 Å². The molecule has 1 N–H and O–H groups in total. The number of carbonyl (C=O) groups excluding carboxylic acids is 2. The highest BCUT2D eigenvalue weighted by molar-refractivity contribution is 6.08. The van der Waals surface area contributed by atoms with Gasteiger partial charge in [0.1, 0.15) is 11.4 Å². The Hall–Kier alpha value is -3.67. The maximum absolute atomic E-state index is 13.0. The minimum absolute atomic E-state index is 0.0187. The van der Waals surface area contributed by atoms with E-state index in [1.165, 1.54) is 31.2 Å². The number of rotatable bonds is 5. The van der Waals surface area contributed by atoms with E-state index < -0.39 is 23.8 Å². The fourth-order valence-corrected chi connectivity index (χ4v) is 3.23. The number of hydrogen-bond acceptors (Lipinski definition) is 4. The maximum Gasteiger partial charge on any atom is 0.311 e. The van der Waals surface area contributed by atoms with Gasteiger partial charge in [-0.1, -0.05) is 30.3 Å². The number of fused-ring (bicyclic) bond motifs is 3. The lowest BCUT2D eigenvalue weighted by Crippen LogP contribution is -2.30. The topological polar surface area (TPSA) is 68.5 Å². The summed E-state index contributed by atoms with van der Waals surface area (Å²) in [6.45, 7) is 1.49. The quantitative estimate of drug-likeness (QED) is 0.495. The van der Waals surface area contributed by atoms with Gasteiger partial charge in [-0.2, -0.15) is 0 Å². The van der Waals surface area contributed by atoms with Crippen molar-refractivity contribution >= 4 is 39.3 Å². The molecule has 5 nitrogen and oxygen atoms in total. The van der Waals surface area contributed by atoms with Crippen LogP contribution in [0.15, 0.2) is 71.3 Å². The summed E-state index contributed by atoms with van der Waals surface area (Å²) in [5, 5.41) is 5.48. The maximum atomic E-state index is 13.0. The van der Waals surface area contributed by atoms with Crippen molar-refractivity contribution < 1.29 is 23.1 Å². The molecule has 0 aliphatic heterocycles. The van der Waals surface area contributed by atoms with Crippen LogP contribution in [0.2, 0.25) is 0 Å². The zero-order valence-electron chi connectivity index (χ0n) is 15.6. The van der Waals surface area contributed by atoms with E-state index in [2.05, 4.69) is 5.32 Å². The van der Waals surface area contributed by atoms with E-state index in [0.29, 0.717) is 16.8 Å². The molecule has 0 radical (unpaired) electrons. The second-order valence-corrected chi connectivity index (χ2v) is 6.73. The third kappa shape index (κ3) is 3.96. The Morgan fingerprint density at radius 3 is 2.62 bits per heavy atom. The number of halogens is 1. The van der Waals surface area contributed by atoms with Crippen molar-refractivity contribution in [3.8, 4) is 0 Å². The summed E-state index contributed by atoms with van der Waals surface area (Å²) in [7, 11) is 0. The van der Waals surface area contributed by atoms with Crippen LogP contribution in [0.1, 0.15) is 12.5 Å². The van der Waals surface area contributed by atoms with E-state index in [4.69, 9.17) is 9.15 Å². The molecule has 0 fully saturated rings. The minimum Gasteiger partial charge on any atom is -0.464 e. The molecule has 4 aromatic rings. The highest BCUT2D eigenvalue weighted by Gasteiger charge is 2.20. The molecule has 0 unspecified atom stereocenters. The molecule has 1 amide bonds. The Morgan fingerprint density at radius 2 is 1.83 bits per heavy atom. The number of benzene rings is 3. The Kier molecular flexibility index (Phi) is 4.99. The van der Waals surface area contributed by atoms with Gasteiger partial charge in [0.05, 0.1) is 12.7 Å². The molecule has 0 spiro atoms. The number of anilines is 1. The average Bonchev–Trinajstić information content (AvgIpc) is 3.12. The largest absolute Gasteiger partial charge is 0.464 e. The number of carbonyl (C=O) groups is 2. The number of ether oxygens (including phenoxy) is 1. The van der Waals surface area contributed by atoms with Gasteiger partial charge in [0.2, 0.25) is 0 Å². The molecule has 0 aliphatic carbocycles. The van der Waals surface area contributed by atoms with E-state index in [1.54, 1.807) is 6.26 Å². The lowest BCUT2D eigenvalue weighted by atomic mass is 10.0. The molecule has 1 atom stereocenters. The van der Waals surface area contributed by atoms with Gasteiger partial charge >= 0.3 is 5.97 Å². The normalized spacial score (nSPS) is 12.1. The summed E-state index contributed by atoms with van der Waals surface area (Å²) in [6.07, 6.45) is 0.527. The third-order valence-corrected chi connectivity index (χ3v) is 4.66. The Bertz CT molecular complexity index is 1200. The number of nitrogens with one attached hydrogen (secondary N) is 1. The van der Waals surface area contributed by atoms with Crippen LogP contribution in [0.5, 0.6) is 0 Å². The molecule has 0 saturated heterocycles. The van der Waals surface area contributed by atoms with Crippen molar-refractivity contribution in [2.45, 2.75) is 19.4 Å². The van der Waals surface area contributed by atoms with Gasteiger partial charge in [0.15, 0.2) is 6.10 Å². The molecule has 0 aliphatic rings. The molecule has 1 aromatic heterocycles. The third-order valence-electron chi connectivity index (χ3n) is 4.66. The SMILES string of the molecule is C[C@@H](OC(=O)Cc1coc2ccc3ccccc3c12)C(=O)Nc1ccc(F)cc1. The predicted molar refractivity (Wildman–Crippen MR) is 108 cm³/mol. The molecular formula is C23H18FNO4. The first-order valence-electron chi connectivity index (χ1n) is 9.15. The summed E-state index contributed by atoms with van der Waals surface area (Å²) in [5.41, 5.74) is 1.81. The summed E-state index contributed by atoms with van der Waals surface area (Å²) >= 11 is 0. The fourth-order valence-electron chi connectivity index (χ4n) is 3.23. The first kappa shape index (κ1) is 18.7. The van der Waals surface area contributed by atoms with E-state index >= 15 is 0 Å². The Labute approximate surface area is 166 Å². The number of esters is 1. The molecule has 4 rings (SSSR count). The van der Waals surface area contributed by atoms with Gasteiger partial charge < -0.3 is 14.5 Å². The van der Waals surface area contributed by atoms with E-state index in [9.17, 15) is 14.0 Å². The molecule has 146 valence electrons. The van der Waals surface area contributed by atoms with Crippen LogP contribution < -0.4 is 5.32 Å². The van der Waals surface area contributed by atoms with Crippen LogP contribution in [-0.4, -0.2) is 18.0 Å². The van der Waals surface area contributed by atoms with Crippen molar-refractivity contribution in [1.82, 2.24) is 0 Å². The van der Waals surface area contributed by atoms with Crippen LogP contribution in [0, 0.1) is 5.82 Å². The van der Waals surface area contributed by atoms with Gasteiger partial charge in [-0.15, -0.1) is 0 Å². The van der Waals surface area contributed by atoms with Gasteiger partial charge in [-0.25, -0.2) is 4.39 Å². The smallest absolute Gasteiger partial charge is 0.311 e. The van der Waals surface area contributed by atoms with Crippen molar-refractivity contribution in [2.75, 3.05) is 5.32 Å². The van der Waals surface area contributed by atoms with Crippen molar-refractivity contribution in [3.05, 3.63) is 78.3 Å². The van der Waals surface area contributed by atoms with Crippen LogP contribution in [0.25, 0.3) is 21.7 Å². The lowest BCUT2D eigenvalue weighted by molar-refractivity contribution is -0.152. The Balaban J connectivity index is 1.46. The standard InChI is InChI=1S/C23H18FNO4/c1-14(23(27)25-18-9-7-17(24)8-10-18)29-21(26)12-16-13-28-20-11-6-15-4-2-3-5-19(15)22(16)20/h2-11,13-14H,12H2,1H3,(H,25,27)/t14-/m1/s1. The van der Waals surface area contributed by atoms with Gasteiger partial charge in [-0.05, 0) is 48.0 Å². The van der Waals surface area contributed by atoms with Gasteiger partial charge in [0.25, 0.3) is 5.91 Å². The molecule has 6 heteroatoms. The monoisotopic (exact) mass is 391 g/mol. The first-order valence-corrected chi connectivity index (χ1v) is 9.15. The second-order valence-electron chi connectivity index (χ2n) is 6.73. The van der Waals surface area contributed by atoms with Crippen molar-refractivity contribution in [2.24, 2.45) is 0 Å². The highest BCUT2D eigenvalue weighted by Crippen LogP contribution is 2.30. The number of hydrogen-bond donors (Lipinski definition) is 1. The summed E-state index contributed by atoms with van der Waals surface area (Å²) in [4.78, 5) is 24.6. The summed E-state index contributed by atoms with van der Waals surface area (Å²) in [6, 6.07) is 17.0. The minimum atomic E-state index is -0.998. The number of amides is 1. The van der Waals surface area contributed by atoms with Crippen LogP contribution in [-0.2, 0) is 20.7 Å². The van der Waals surface area contributed by atoms with Crippen LogP contribution >= 0.6 is 0 Å². The van der Waals surface area contributed by atoms with E-state index in [-0.39, 0.29) is 6.42 Å². The molecule has 29 heavy (non-hydrogen) atoms. The molecule has 0 saturated carbocycles.